The van der Waals surface area contributed by atoms with Crippen LogP contribution in [-0.2, 0) is 10.8 Å². The summed E-state index contributed by atoms with van der Waals surface area (Å²) in [6, 6.07) is 55.5. The van der Waals surface area contributed by atoms with E-state index in [0.29, 0.717) is 0 Å². The predicted molar refractivity (Wildman–Crippen MR) is 256 cm³/mol. The van der Waals surface area contributed by atoms with Gasteiger partial charge in [-0.25, -0.2) is 0 Å². The third-order valence-electron chi connectivity index (χ3n) is 14.3. The van der Waals surface area contributed by atoms with Gasteiger partial charge < -0.3 is 13.8 Å². The second kappa shape index (κ2) is 11.0. The van der Waals surface area contributed by atoms with E-state index in [4.69, 9.17) is 4.42 Å². The van der Waals surface area contributed by atoms with E-state index in [9.17, 15) is 0 Å². The lowest BCUT2D eigenvalue weighted by Gasteiger charge is -2.42. The van der Waals surface area contributed by atoms with E-state index in [-0.39, 0.29) is 17.7 Å². The van der Waals surface area contributed by atoms with Crippen LogP contribution in [0.1, 0.15) is 51.3 Å². The number of para-hydroxylation sites is 1. The van der Waals surface area contributed by atoms with E-state index in [1.807, 2.05) is 11.3 Å². The molecule has 0 bridgehead atoms. The third kappa shape index (κ3) is 4.07. The number of thiophene rings is 1. The number of benzene rings is 8. The molecule has 5 heterocycles. The van der Waals surface area contributed by atoms with Gasteiger partial charge in [0, 0.05) is 69.8 Å². The van der Waals surface area contributed by atoms with Crippen LogP contribution in [0.3, 0.4) is 0 Å². The van der Waals surface area contributed by atoms with Crippen molar-refractivity contribution in [1.29, 1.82) is 0 Å². The van der Waals surface area contributed by atoms with Crippen LogP contribution in [0, 0.1) is 0 Å². The lowest BCUT2D eigenvalue weighted by atomic mass is 9.44. The normalized spacial score (nSPS) is 14.8. The van der Waals surface area contributed by atoms with Crippen molar-refractivity contribution in [1.82, 2.24) is 4.57 Å². The first-order valence-electron chi connectivity index (χ1n) is 21.2. The van der Waals surface area contributed by atoms with Gasteiger partial charge in [0.2, 0.25) is 0 Å². The molecule has 3 aliphatic rings. The van der Waals surface area contributed by atoms with Crippen LogP contribution in [0.2, 0.25) is 0 Å². The van der Waals surface area contributed by atoms with Crippen LogP contribution >= 0.6 is 11.3 Å². The number of rotatable bonds is 1. The van der Waals surface area contributed by atoms with Crippen molar-refractivity contribution in [2.45, 2.75) is 45.4 Å². The number of fused-ring (bicyclic) bond motifs is 17. The summed E-state index contributed by atoms with van der Waals surface area (Å²) in [4.78, 5) is 2.67. The van der Waals surface area contributed by atoms with Gasteiger partial charge in [-0.1, -0.05) is 120 Å². The van der Waals surface area contributed by atoms with E-state index >= 15 is 0 Å². The number of hydrogen-bond acceptors (Lipinski definition) is 3. The molecule has 14 rings (SSSR count). The molecule has 0 fully saturated rings. The SMILES string of the molecule is CC(C)(C)c1ccc(N2B3c4cc5oc6ccccc6c5cc4-n4c5cc6c(cc5c5ccc(c3c54)-c3cc4c(cc32)-c2ccccc2C4(C)C)sc2ccccc26)cc1. The van der Waals surface area contributed by atoms with Gasteiger partial charge in [-0.2, -0.15) is 0 Å². The van der Waals surface area contributed by atoms with Crippen LogP contribution in [0.25, 0.3) is 91.9 Å². The summed E-state index contributed by atoms with van der Waals surface area (Å²) in [5.74, 6) is 0. The zero-order valence-electron chi connectivity index (χ0n) is 34.1. The topological polar surface area (TPSA) is 21.3 Å². The summed E-state index contributed by atoms with van der Waals surface area (Å²) >= 11 is 1.90. The molecule has 2 aliphatic heterocycles. The number of nitrogens with zero attached hydrogens (tertiary/aromatic N) is 2. The largest absolute Gasteiger partial charge is 0.456 e. The van der Waals surface area contributed by atoms with Crippen LogP contribution in [-0.4, -0.2) is 11.4 Å². The fourth-order valence-electron chi connectivity index (χ4n) is 11.4. The Balaban J connectivity index is 1.16. The fourth-order valence-corrected chi connectivity index (χ4v) is 12.5. The first-order valence-corrected chi connectivity index (χ1v) is 22.0. The van der Waals surface area contributed by atoms with Crippen molar-refractivity contribution in [3.05, 3.63) is 162 Å². The highest BCUT2D eigenvalue weighted by Crippen LogP contribution is 2.55. The van der Waals surface area contributed by atoms with E-state index in [1.54, 1.807) is 0 Å². The molecule has 0 saturated heterocycles. The molecule has 0 spiro atoms. The van der Waals surface area contributed by atoms with Gasteiger partial charge in [0.1, 0.15) is 11.2 Å². The monoisotopic (exact) mass is 786 g/mol. The van der Waals surface area contributed by atoms with Crippen molar-refractivity contribution in [3.8, 4) is 27.9 Å². The first-order chi connectivity index (χ1) is 29.1. The Morgan fingerprint density at radius 2 is 1.33 bits per heavy atom. The van der Waals surface area contributed by atoms with Crippen LogP contribution in [0.4, 0.5) is 11.4 Å². The van der Waals surface area contributed by atoms with Gasteiger partial charge in [0.25, 0.3) is 0 Å². The van der Waals surface area contributed by atoms with E-state index < -0.39 is 0 Å². The molecule has 0 radical (unpaired) electrons. The highest BCUT2D eigenvalue weighted by atomic mass is 32.1. The maximum Gasteiger partial charge on any atom is 0.333 e. The second-order valence-corrected chi connectivity index (χ2v) is 20.0. The molecule has 0 N–H and O–H groups in total. The molecule has 11 aromatic rings. The Kier molecular flexibility index (Phi) is 6.09. The maximum absolute atomic E-state index is 6.74. The Morgan fingerprint density at radius 1 is 0.550 bits per heavy atom. The van der Waals surface area contributed by atoms with E-state index in [0.717, 1.165) is 21.9 Å². The van der Waals surface area contributed by atoms with Gasteiger partial charge in [0.15, 0.2) is 0 Å². The molecule has 1 aliphatic carbocycles. The predicted octanol–water partition coefficient (Wildman–Crippen LogP) is 13.9. The zero-order chi connectivity index (χ0) is 40.0. The van der Waals surface area contributed by atoms with Crippen molar-refractivity contribution >= 4 is 104 Å². The average Bonchev–Trinajstić information content (AvgIpc) is 3.97. The summed E-state index contributed by atoms with van der Waals surface area (Å²) in [5.41, 5.74) is 20.0. The molecular weight excluding hydrogens is 747 g/mol. The van der Waals surface area contributed by atoms with E-state index in [2.05, 4.69) is 190 Å². The summed E-state index contributed by atoms with van der Waals surface area (Å²) < 4.78 is 12.0. The lowest BCUT2D eigenvalue weighted by molar-refractivity contribution is 0.590. The molecule has 60 heavy (non-hydrogen) atoms. The summed E-state index contributed by atoms with van der Waals surface area (Å²) in [7, 11) is 0. The highest BCUT2D eigenvalue weighted by molar-refractivity contribution is 7.25. The van der Waals surface area contributed by atoms with Crippen molar-refractivity contribution in [2.24, 2.45) is 0 Å². The van der Waals surface area contributed by atoms with Gasteiger partial charge in [-0.3, -0.25) is 0 Å². The Bertz CT molecular complexity index is 3740. The quantitative estimate of drug-likeness (QED) is 0.155. The summed E-state index contributed by atoms with van der Waals surface area (Å²) in [6.07, 6.45) is 0. The molecular formula is C55H39BN2OS. The molecule has 284 valence electrons. The van der Waals surface area contributed by atoms with Gasteiger partial charge in [-0.05, 0) is 110 Å². The number of hydrogen-bond donors (Lipinski definition) is 0. The maximum atomic E-state index is 6.74. The molecule has 0 saturated carbocycles. The fraction of sp³-hybridized carbons (Fsp3) is 0.127. The smallest absolute Gasteiger partial charge is 0.333 e. The number of aromatic nitrogens is 1. The van der Waals surface area contributed by atoms with Crippen molar-refractivity contribution in [3.63, 3.8) is 0 Å². The number of furan rings is 1. The second-order valence-electron chi connectivity index (χ2n) is 18.9. The Morgan fingerprint density at radius 3 is 2.18 bits per heavy atom. The first kappa shape index (κ1) is 33.3. The minimum atomic E-state index is -0.124. The third-order valence-corrected chi connectivity index (χ3v) is 15.5. The molecule has 5 heteroatoms. The van der Waals surface area contributed by atoms with E-state index in [1.165, 1.54) is 109 Å². The molecule has 3 nitrogen and oxygen atoms in total. The standard InChI is InChI=1S/C55H39BN2OS/c1-54(2,3)30-18-20-31(21-19-30)58-46-25-37-32-12-6-9-15-42(32)55(4,5)43(37)24-38(46)35-22-23-36-39-28-51-41(34-14-8-11-17-50(34)60-51)27-45(39)57-47-26-40-33-13-7-10-16-48(33)59-49(40)29-44(47)56(58)52(35)53(36)57/h6-29H,1-5H3. The molecule has 3 aromatic heterocycles. The minimum absolute atomic E-state index is 0.0393. The zero-order valence-corrected chi connectivity index (χ0v) is 35.0. The average molecular weight is 787 g/mol. The van der Waals surface area contributed by atoms with Gasteiger partial charge >= 0.3 is 6.85 Å². The van der Waals surface area contributed by atoms with Gasteiger partial charge in [-0.15, -0.1) is 11.3 Å². The Hall–Kier alpha value is -6.56. The minimum Gasteiger partial charge on any atom is -0.456 e. The lowest BCUT2D eigenvalue weighted by Crippen LogP contribution is -2.60. The Labute approximate surface area is 352 Å². The van der Waals surface area contributed by atoms with Crippen LogP contribution < -0.4 is 15.7 Å². The molecule has 0 unspecified atom stereocenters. The highest BCUT2D eigenvalue weighted by Gasteiger charge is 2.46. The van der Waals surface area contributed by atoms with Crippen molar-refractivity contribution < 1.29 is 4.42 Å². The number of anilines is 2. The molecule has 8 aromatic carbocycles. The van der Waals surface area contributed by atoms with Crippen molar-refractivity contribution in [2.75, 3.05) is 4.81 Å². The molecule has 0 atom stereocenters. The van der Waals surface area contributed by atoms with Gasteiger partial charge in [0.05, 0.1) is 11.0 Å². The summed E-state index contributed by atoms with van der Waals surface area (Å²) in [6.45, 7) is 11.6. The van der Waals surface area contributed by atoms with Crippen LogP contribution in [0.15, 0.2) is 150 Å². The van der Waals surface area contributed by atoms with Crippen LogP contribution in [0.5, 0.6) is 0 Å². The molecule has 0 amide bonds. The summed E-state index contributed by atoms with van der Waals surface area (Å²) in [5, 5.41) is 7.53.